The van der Waals surface area contributed by atoms with Crippen molar-refractivity contribution in [2.45, 2.75) is 6.92 Å². The summed E-state index contributed by atoms with van der Waals surface area (Å²) in [7, 11) is 0. The summed E-state index contributed by atoms with van der Waals surface area (Å²) in [4.78, 5) is 27.0. The third-order valence-corrected chi connectivity index (χ3v) is 5.01. The number of ketones is 1. The van der Waals surface area contributed by atoms with Crippen LogP contribution in [0.1, 0.15) is 17.3 Å². The molecule has 1 aliphatic heterocycles. The zero-order chi connectivity index (χ0) is 19.4. The molecule has 27 heavy (non-hydrogen) atoms. The van der Waals surface area contributed by atoms with E-state index in [1.807, 2.05) is 24.3 Å². The lowest BCUT2D eigenvalue weighted by Gasteiger charge is -2.33. The number of piperazine rings is 1. The summed E-state index contributed by atoms with van der Waals surface area (Å²) in [6.45, 7) is 5.26. The Labute approximate surface area is 162 Å². The summed E-state index contributed by atoms with van der Waals surface area (Å²) in [5.41, 5.74) is 2.29. The summed E-state index contributed by atoms with van der Waals surface area (Å²) in [5.74, 6) is -0.566. The Kier molecular flexibility index (Phi) is 6.08. The number of Topliss-reactive ketones (excluding diaryl/α,β-unsaturated/α-hetero) is 1. The van der Waals surface area contributed by atoms with E-state index < -0.39 is 5.82 Å². The van der Waals surface area contributed by atoms with E-state index in [1.165, 1.54) is 23.1 Å². The second kappa shape index (κ2) is 8.50. The predicted octanol–water partition coefficient (Wildman–Crippen LogP) is 2.03. The van der Waals surface area contributed by atoms with E-state index >= 15 is 0 Å². The Morgan fingerprint density at radius 3 is 2.41 bits per heavy atom. The Balaban J connectivity index is 1.49. The van der Waals surface area contributed by atoms with Crippen LogP contribution in [0.4, 0.5) is 15.8 Å². The zero-order valence-electron chi connectivity index (χ0n) is 15.1. The summed E-state index contributed by atoms with van der Waals surface area (Å²) >= 11 is 5.73. The standard InChI is InChI=1S/C20H21ClFN3O2/c1-14(26)15-2-5-17(6-3-15)25-10-8-24(9-11-25)13-20(27)23-16-4-7-19(22)18(21)12-16/h2-7,12H,8-11,13H2,1H3,(H,23,27)/p+1. The van der Waals surface area contributed by atoms with Crippen LogP contribution in [0.15, 0.2) is 42.5 Å². The van der Waals surface area contributed by atoms with Crippen molar-refractivity contribution in [3.8, 4) is 0 Å². The van der Waals surface area contributed by atoms with Crippen LogP contribution in [0.25, 0.3) is 0 Å². The Morgan fingerprint density at radius 1 is 1.15 bits per heavy atom. The van der Waals surface area contributed by atoms with E-state index in [4.69, 9.17) is 11.6 Å². The van der Waals surface area contributed by atoms with E-state index in [-0.39, 0.29) is 16.7 Å². The van der Waals surface area contributed by atoms with Crippen molar-refractivity contribution in [3.05, 3.63) is 58.9 Å². The number of halogens is 2. The molecule has 1 aliphatic rings. The number of carbonyl (C=O) groups is 2. The molecule has 2 N–H and O–H groups in total. The average Bonchev–Trinajstić information content (AvgIpc) is 2.65. The van der Waals surface area contributed by atoms with Gasteiger partial charge < -0.3 is 15.1 Å². The van der Waals surface area contributed by atoms with Gasteiger partial charge in [0.25, 0.3) is 5.91 Å². The maximum atomic E-state index is 13.2. The highest BCUT2D eigenvalue weighted by atomic mass is 35.5. The molecule has 1 amide bonds. The van der Waals surface area contributed by atoms with E-state index in [9.17, 15) is 14.0 Å². The van der Waals surface area contributed by atoms with Gasteiger partial charge >= 0.3 is 0 Å². The zero-order valence-corrected chi connectivity index (χ0v) is 15.9. The summed E-state index contributed by atoms with van der Waals surface area (Å²) in [5, 5.41) is 2.75. The Bertz CT molecular complexity index is 834. The van der Waals surface area contributed by atoms with Gasteiger partial charge in [-0.25, -0.2) is 4.39 Å². The van der Waals surface area contributed by atoms with Gasteiger partial charge in [0.1, 0.15) is 5.82 Å². The van der Waals surface area contributed by atoms with Crippen LogP contribution < -0.4 is 15.1 Å². The molecule has 5 nitrogen and oxygen atoms in total. The van der Waals surface area contributed by atoms with Crippen molar-refractivity contribution in [2.75, 3.05) is 42.9 Å². The first-order valence-electron chi connectivity index (χ1n) is 8.87. The lowest BCUT2D eigenvalue weighted by atomic mass is 10.1. The molecular formula is C20H22ClFN3O2+. The average molecular weight is 391 g/mol. The first-order valence-corrected chi connectivity index (χ1v) is 9.24. The molecule has 0 radical (unpaired) electrons. The second-order valence-electron chi connectivity index (χ2n) is 6.69. The number of rotatable bonds is 5. The Morgan fingerprint density at radius 2 is 1.81 bits per heavy atom. The van der Waals surface area contributed by atoms with Gasteiger partial charge in [-0.2, -0.15) is 0 Å². The molecule has 2 aromatic rings. The highest BCUT2D eigenvalue weighted by molar-refractivity contribution is 6.31. The van der Waals surface area contributed by atoms with E-state index in [1.54, 1.807) is 6.92 Å². The number of hydrogen-bond acceptors (Lipinski definition) is 3. The van der Waals surface area contributed by atoms with Gasteiger partial charge in [0.05, 0.1) is 31.2 Å². The number of nitrogens with zero attached hydrogens (tertiary/aromatic N) is 1. The molecule has 0 aliphatic carbocycles. The number of nitrogens with one attached hydrogen (secondary N) is 2. The topological polar surface area (TPSA) is 53.9 Å². The fraction of sp³-hybridized carbons (Fsp3) is 0.300. The lowest BCUT2D eigenvalue weighted by molar-refractivity contribution is -0.892. The largest absolute Gasteiger partial charge is 0.360 e. The third-order valence-electron chi connectivity index (χ3n) is 4.72. The normalized spacial score (nSPS) is 14.9. The van der Waals surface area contributed by atoms with Crippen molar-refractivity contribution in [2.24, 2.45) is 0 Å². The van der Waals surface area contributed by atoms with Crippen LogP contribution >= 0.6 is 11.6 Å². The minimum Gasteiger partial charge on any atom is -0.360 e. The lowest BCUT2D eigenvalue weighted by Crippen LogP contribution is -3.15. The molecule has 3 rings (SSSR count). The van der Waals surface area contributed by atoms with Crippen molar-refractivity contribution in [1.82, 2.24) is 0 Å². The Hall–Kier alpha value is -2.44. The smallest absolute Gasteiger partial charge is 0.279 e. The quantitative estimate of drug-likeness (QED) is 0.768. The maximum absolute atomic E-state index is 13.2. The number of hydrogen-bond donors (Lipinski definition) is 2. The minimum absolute atomic E-state index is 0.00967. The van der Waals surface area contributed by atoms with Crippen LogP contribution in [0, 0.1) is 5.82 Å². The molecule has 0 saturated carbocycles. The SMILES string of the molecule is CC(=O)c1ccc(N2CC[NH+](CC(=O)Nc3ccc(F)c(Cl)c3)CC2)cc1. The molecule has 1 fully saturated rings. The highest BCUT2D eigenvalue weighted by Crippen LogP contribution is 2.19. The van der Waals surface area contributed by atoms with Gasteiger partial charge in [-0.15, -0.1) is 0 Å². The molecule has 0 aromatic heterocycles. The van der Waals surface area contributed by atoms with Crippen LogP contribution in [-0.2, 0) is 4.79 Å². The molecule has 0 spiro atoms. The van der Waals surface area contributed by atoms with E-state index in [2.05, 4.69) is 10.2 Å². The van der Waals surface area contributed by atoms with Gasteiger partial charge in [0.2, 0.25) is 0 Å². The van der Waals surface area contributed by atoms with Crippen LogP contribution in [-0.4, -0.2) is 44.4 Å². The van der Waals surface area contributed by atoms with Gasteiger partial charge in [-0.1, -0.05) is 11.6 Å². The van der Waals surface area contributed by atoms with Crippen LogP contribution in [0.3, 0.4) is 0 Å². The number of amides is 1. The fourth-order valence-electron chi connectivity index (χ4n) is 3.17. The molecule has 2 aromatic carbocycles. The number of carbonyl (C=O) groups excluding carboxylic acids is 2. The van der Waals surface area contributed by atoms with Gasteiger partial charge in [-0.3, -0.25) is 9.59 Å². The second-order valence-corrected chi connectivity index (χ2v) is 7.10. The maximum Gasteiger partial charge on any atom is 0.279 e. The monoisotopic (exact) mass is 390 g/mol. The fourth-order valence-corrected chi connectivity index (χ4v) is 3.35. The number of quaternary nitrogens is 1. The summed E-state index contributed by atoms with van der Waals surface area (Å²) < 4.78 is 13.2. The molecule has 0 unspecified atom stereocenters. The minimum atomic E-state index is -0.507. The highest BCUT2D eigenvalue weighted by Gasteiger charge is 2.22. The molecule has 0 atom stereocenters. The molecular weight excluding hydrogens is 369 g/mol. The number of benzene rings is 2. The molecule has 7 heteroatoms. The van der Waals surface area contributed by atoms with Crippen molar-refractivity contribution in [1.29, 1.82) is 0 Å². The van der Waals surface area contributed by atoms with E-state index in [0.29, 0.717) is 17.8 Å². The van der Waals surface area contributed by atoms with Crippen molar-refractivity contribution >= 4 is 34.7 Å². The third kappa shape index (κ3) is 5.05. The predicted molar refractivity (Wildman–Crippen MR) is 104 cm³/mol. The molecule has 0 bridgehead atoms. The van der Waals surface area contributed by atoms with Crippen LogP contribution in [0.2, 0.25) is 5.02 Å². The number of anilines is 2. The summed E-state index contributed by atoms with van der Waals surface area (Å²) in [6, 6.07) is 11.8. The van der Waals surface area contributed by atoms with Gasteiger partial charge in [-0.05, 0) is 49.4 Å². The molecule has 1 heterocycles. The van der Waals surface area contributed by atoms with Gasteiger partial charge in [0.15, 0.2) is 12.3 Å². The summed E-state index contributed by atoms with van der Waals surface area (Å²) in [6.07, 6.45) is 0. The van der Waals surface area contributed by atoms with E-state index in [0.717, 1.165) is 31.9 Å². The molecule has 142 valence electrons. The van der Waals surface area contributed by atoms with Gasteiger partial charge in [0, 0.05) is 16.9 Å². The molecule has 1 saturated heterocycles. The van der Waals surface area contributed by atoms with Crippen molar-refractivity contribution < 1.29 is 18.9 Å². The first-order chi connectivity index (χ1) is 12.9. The van der Waals surface area contributed by atoms with Crippen molar-refractivity contribution in [3.63, 3.8) is 0 Å². The first kappa shape index (κ1) is 19.3. The van der Waals surface area contributed by atoms with Crippen LogP contribution in [0.5, 0.6) is 0 Å².